The zero-order valence-electron chi connectivity index (χ0n) is 16.7. The van der Waals surface area contributed by atoms with Crippen molar-refractivity contribution in [1.82, 2.24) is 18.7 Å². The van der Waals surface area contributed by atoms with Gasteiger partial charge in [0, 0.05) is 19.6 Å². The highest BCUT2D eigenvalue weighted by molar-refractivity contribution is 5.70. The van der Waals surface area contributed by atoms with Crippen molar-refractivity contribution in [3.05, 3.63) is 27.2 Å². The van der Waals surface area contributed by atoms with Gasteiger partial charge in [-0.1, -0.05) is 12.8 Å². The Hall–Kier alpha value is -1.93. The lowest BCUT2D eigenvalue weighted by molar-refractivity contribution is -0.139. The smallest absolute Gasteiger partial charge is 0.332 e. The van der Waals surface area contributed by atoms with Crippen LogP contribution in [0.25, 0.3) is 11.2 Å². The maximum absolute atomic E-state index is 12.7. The summed E-state index contributed by atoms with van der Waals surface area (Å²) in [5.41, 5.74) is 0.464. The van der Waals surface area contributed by atoms with Crippen molar-refractivity contribution in [2.24, 2.45) is 0 Å². The molecule has 3 heterocycles. The minimum atomic E-state index is -0.464. The zero-order chi connectivity index (χ0) is 19.6. The molecule has 2 aromatic rings. The highest BCUT2D eigenvalue weighted by atomic mass is 16.7. The molecule has 1 atom stereocenters. The zero-order valence-corrected chi connectivity index (χ0v) is 16.7. The van der Waals surface area contributed by atoms with Gasteiger partial charge in [-0.25, -0.2) is 9.78 Å². The molecule has 2 aromatic heterocycles. The molecular formula is C19H30N4O4. The van der Waals surface area contributed by atoms with Gasteiger partial charge < -0.3 is 14.0 Å². The molecule has 0 saturated carbocycles. The van der Waals surface area contributed by atoms with Crippen molar-refractivity contribution in [1.29, 1.82) is 0 Å². The molecule has 1 unspecified atom stereocenters. The van der Waals surface area contributed by atoms with Crippen LogP contribution in [0.3, 0.4) is 0 Å². The molecule has 1 fully saturated rings. The number of aryl methyl sites for hydroxylation is 2. The summed E-state index contributed by atoms with van der Waals surface area (Å²) < 4.78 is 16.1. The lowest BCUT2D eigenvalue weighted by Gasteiger charge is -2.16. The number of imidazole rings is 1. The number of ether oxygens (including phenoxy) is 2. The van der Waals surface area contributed by atoms with E-state index in [1.807, 2.05) is 32.3 Å². The summed E-state index contributed by atoms with van der Waals surface area (Å²) in [5.74, 6) is -0.464. The fourth-order valence-corrected chi connectivity index (χ4v) is 3.71. The molecule has 27 heavy (non-hydrogen) atoms. The Bertz CT molecular complexity index is 909. The van der Waals surface area contributed by atoms with E-state index in [0.717, 1.165) is 25.7 Å². The van der Waals surface area contributed by atoms with Crippen molar-refractivity contribution in [2.75, 3.05) is 6.61 Å². The van der Waals surface area contributed by atoms with Crippen LogP contribution in [0, 0.1) is 0 Å². The fraction of sp³-hybridized carbons (Fsp3) is 0.737. The number of hydrogen-bond donors (Lipinski definition) is 0. The summed E-state index contributed by atoms with van der Waals surface area (Å²) >= 11 is 0. The van der Waals surface area contributed by atoms with E-state index in [-0.39, 0.29) is 17.4 Å². The molecule has 0 amide bonds. The summed E-state index contributed by atoms with van der Waals surface area (Å²) in [5, 5.41) is 0. The fourth-order valence-electron chi connectivity index (χ4n) is 3.71. The van der Waals surface area contributed by atoms with E-state index in [1.54, 1.807) is 10.9 Å². The highest BCUT2D eigenvalue weighted by Gasteiger charge is 2.31. The van der Waals surface area contributed by atoms with Crippen LogP contribution in [-0.4, -0.2) is 37.2 Å². The predicted molar refractivity (Wildman–Crippen MR) is 103 cm³/mol. The standard InChI is InChI=1S/C19H30N4O4/c1-5-22-16-15(17(24)23(6-2)18(22)25)21(13-20-16)11-9-7-8-10-14-12-26-19(3,4)27-14/h13-14H,5-12H2,1-4H3. The second-order valence-corrected chi connectivity index (χ2v) is 7.49. The Labute approximate surface area is 158 Å². The van der Waals surface area contributed by atoms with E-state index in [0.29, 0.717) is 37.4 Å². The van der Waals surface area contributed by atoms with Gasteiger partial charge in [-0.15, -0.1) is 0 Å². The molecule has 0 spiro atoms. The Balaban J connectivity index is 1.64. The number of hydrogen-bond acceptors (Lipinski definition) is 5. The van der Waals surface area contributed by atoms with E-state index in [2.05, 4.69) is 4.98 Å². The van der Waals surface area contributed by atoms with Crippen LogP contribution in [-0.2, 0) is 29.1 Å². The topological polar surface area (TPSA) is 80.3 Å². The molecule has 0 radical (unpaired) electrons. The quantitative estimate of drug-likeness (QED) is 0.657. The van der Waals surface area contributed by atoms with Gasteiger partial charge in [-0.3, -0.25) is 13.9 Å². The molecule has 1 aliphatic rings. The molecule has 0 N–H and O–H groups in total. The van der Waals surface area contributed by atoms with Crippen molar-refractivity contribution < 1.29 is 9.47 Å². The molecule has 0 aromatic carbocycles. The van der Waals surface area contributed by atoms with E-state index in [9.17, 15) is 9.59 Å². The van der Waals surface area contributed by atoms with Crippen molar-refractivity contribution >= 4 is 11.2 Å². The van der Waals surface area contributed by atoms with E-state index >= 15 is 0 Å². The molecule has 1 saturated heterocycles. The first-order valence-electron chi connectivity index (χ1n) is 9.88. The predicted octanol–water partition coefficient (Wildman–Crippen LogP) is 2.11. The SMILES string of the molecule is CCn1c(=O)c2c(ncn2CCCCCC2COC(C)(C)O2)n(CC)c1=O. The van der Waals surface area contributed by atoms with Crippen LogP contribution in [0.4, 0.5) is 0 Å². The van der Waals surface area contributed by atoms with Gasteiger partial charge in [-0.2, -0.15) is 0 Å². The van der Waals surface area contributed by atoms with Crippen LogP contribution in [0.1, 0.15) is 53.4 Å². The van der Waals surface area contributed by atoms with Crippen molar-refractivity contribution in [3.8, 4) is 0 Å². The average Bonchev–Trinajstić information content (AvgIpc) is 3.19. The van der Waals surface area contributed by atoms with E-state index in [4.69, 9.17) is 9.47 Å². The first kappa shape index (κ1) is 19.8. The van der Waals surface area contributed by atoms with Gasteiger partial charge in [0.2, 0.25) is 0 Å². The van der Waals surface area contributed by atoms with Crippen LogP contribution < -0.4 is 11.2 Å². The third-order valence-electron chi connectivity index (χ3n) is 5.11. The Morgan fingerprint density at radius 2 is 1.89 bits per heavy atom. The molecule has 150 valence electrons. The van der Waals surface area contributed by atoms with Gasteiger partial charge in [0.25, 0.3) is 5.56 Å². The van der Waals surface area contributed by atoms with Gasteiger partial charge >= 0.3 is 5.69 Å². The number of nitrogens with zero attached hydrogens (tertiary/aromatic N) is 4. The summed E-state index contributed by atoms with van der Waals surface area (Å²) in [6.45, 7) is 9.80. The van der Waals surface area contributed by atoms with Gasteiger partial charge in [0.1, 0.15) is 0 Å². The van der Waals surface area contributed by atoms with Crippen LogP contribution in [0.5, 0.6) is 0 Å². The minimum Gasteiger partial charge on any atom is -0.348 e. The van der Waals surface area contributed by atoms with Crippen molar-refractivity contribution in [3.63, 3.8) is 0 Å². The molecule has 8 heteroatoms. The largest absolute Gasteiger partial charge is 0.348 e. The lowest BCUT2D eigenvalue weighted by Crippen LogP contribution is -2.40. The summed E-state index contributed by atoms with van der Waals surface area (Å²) in [4.78, 5) is 29.5. The monoisotopic (exact) mass is 378 g/mol. The summed E-state index contributed by atoms with van der Waals surface area (Å²) in [6, 6.07) is 0. The first-order chi connectivity index (χ1) is 12.9. The van der Waals surface area contributed by atoms with Gasteiger partial charge in [-0.05, 0) is 40.5 Å². The third-order valence-corrected chi connectivity index (χ3v) is 5.11. The van der Waals surface area contributed by atoms with E-state index in [1.165, 1.54) is 4.57 Å². The van der Waals surface area contributed by atoms with Crippen LogP contribution in [0.2, 0.25) is 0 Å². The second-order valence-electron chi connectivity index (χ2n) is 7.49. The maximum Gasteiger partial charge on any atom is 0.332 e. The second kappa shape index (κ2) is 7.98. The van der Waals surface area contributed by atoms with Crippen LogP contribution in [0.15, 0.2) is 15.9 Å². The molecule has 8 nitrogen and oxygen atoms in total. The molecule has 1 aliphatic heterocycles. The normalized spacial score (nSPS) is 19.2. The molecule has 3 rings (SSSR count). The third kappa shape index (κ3) is 4.01. The lowest BCUT2D eigenvalue weighted by atomic mass is 10.1. The number of unbranched alkanes of at least 4 members (excludes halogenated alkanes) is 2. The number of rotatable bonds is 8. The highest BCUT2D eigenvalue weighted by Crippen LogP contribution is 2.25. The molecule has 0 aliphatic carbocycles. The molecular weight excluding hydrogens is 348 g/mol. The summed E-state index contributed by atoms with van der Waals surface area (Å²) in [6.07, 6.45) is 5.86. The Morgan fingerprint density at radius 1 is 1.15 bits per heavy atom. The number of fused-ring (bicyclic) bond motifs is 1. The van der Waals surface area contributed by atoms with Crippen molar-refractivity contribution in [2.45, 2.75) is 84.9 Å². The average molecular weight is 378 g/mol. The Morgan fingerprint density at radius 3 is 2.52 bits per heavy atom. The van der Waals surface area contributed by atoms with Gasteiger partial charge in [0.15, 0.2) is 17.0 Å². The number of aromatic nitrogens is 4. The Kier molecular flexibility index (Phi) is 5.86. The van der Waals surface area contributed by atoms with Gasteiger partial charge in [0.05, 0.1) is 19.0 Å². The summed E-state index contributed by atoms with van der Waals surface area (Å²) in [7, 11) is 0. The van der Waals surface area contributed by atoms with Crippen LogP contribution >= 0.6 is 0 Å². The minimum absolute atomic E-state index is 0.171. The first-order valence-corrected chi connectivity index (χ1v) is 9.88. The maximum atomic E-state index is 12.7. The molecule has 0 bridgehead atoms. The van der Waals surface area contributed by atoms with E-state index < -0.39 is 5.79 Å².